The van der Waals surface area contributed by atoms with Crippen LogP contribution in [0.25, 0.3) is 0 Å². The van der Waals surface area contributed by atoms with E-state index in [1.54, 1.807) is 27.7 Å². The molecule has 432 valence electrons. The first-order valence-electron chi connectivity index (χ1n) is 29.8. The fourth-order valence-electron chi connectivity index (χ4n) is 18.6. The summed E-state index contributed by atoms with van der Waals surface area (Å²) in [6, 6.07) is 0. The highest BCUT2D eigenvalue weighted by Gasteiger charge is 2.66. The maximum atomic E-state index is 12.9. The van der Waals surface area contributed by atoms with Gasteiger partial charge in [-0.2, -0.15) is 0 Å². The van der Waals surface area contributed by atoms with Crippen LogP contribution in [0, 0.1) is 118 Å². The normalized spacial score (nSPS) is 44.9. The molecule has 8 bridgehead atoms. The molecule has 5 aliphatic heterocycles. The topological polar surface area (TPSA) is 326 Å². The maximum Gasteiger partial charge on any atom is 0.332 e. The molecule has 9 aliphatic rings. The second-order valence-electron chi connectivity index (χ2n) is 26.5. The van der Waals surface area contributed by atoms with Gasteiger partial charge in [0, 0.05) is 0 Å². The van der Waals surface area contributed by atoms with E-state index < -0.39 is 143 Å². The predicted molar refractivity (Wildman–Crippen MR) is 281 cm³/mol. The Bertz CT molecular complexity index is 1920. The lowest BCUT2D eigenvalue weighted by Crippen LogP contribution is -2.63. The minimum absolute atomic E-state index is 0.00573. The van der Waals surface area contributed by atoms with E-state index in [9.17, 15) is 60.0 Å². The van der Waals surface area contributed by atoms with Gasteiger partial charge in [-0.15, -0.1) is 0 Å². The number of rotatable bonds is 16. The predicted octanol–water partition coefficient (Wildman–Crippen LogP) is 2.38. The third-order valence-electron chi connectivity index (χ3n) is 23.3. The molecular weight excluding hydrogens is 977 g/mol. The summed E-state index contributed by atoms with van der Waals surface area (Å²) >= 11 is 0. The smallest absolute Gasteiger partial charge is 0.332 e. The van der Waals surface area contributed by atoms with Crippen LogP contribution in [-0.2, 0) is 19.2 Å². The van der Waals surface area contributed by atoms with Crippen LogP contribution in [0.4, 0.5) is 0 Å². The molecule has 0 amide bonds. The maximum absolute atomic E-state index is 12.9. The van der Waals surface area contributed by atoms with Crippen molar-refractivity contribution < 1.29 is 60.0 Å². The summed E-state index contributed by atoms with van der Waals surface area (Å²) in [5.41, 5.74) is 0. The number of carboxylic acid groups (broad SMARTS) is 4. The van der Waals surface area contributed by atoms with Crippen molar-refractivity contribution in [2.45, 2.75) is 206 Å². The van der Waals surface area contributed by atoms with Gasteiger partial charge < -0.3 is 40.9 Å². The van der Waals surface area contributed by atoms with Gasteiger partial charge in [0.2, 0.25) is 0 Å². The molecule has 0 aromatic rings. The first-order chi connectivity index (χ1) is 36.0. The van der Waals surface area contributed by atoms with Crippen molar-refractivity contribution in [3.63, 3.8) is 0 Å². The molecule has 0 aromatic heterocycles. The van der Waals surface area contributed by atoms with Gasteiger partial charge in [0.25, 0.3) is 0 Å². The van der Waals surface area contributed by atoms with Gasteiger partial charge in [0.05, 0.1) is 49.3 Å². The Morgan fingerprint density at radius 3 is 0.671 bits per heavy atom. The molecule has 0 aromatic carbocycles. The highest BCUT2D eigenvalue weighted by Crippen LogP contribution is 2.63. The van der Waals surface area contributed by atoms with E-state index in [-0.39, 0.29) is 48.8 Å². The number of aliphatic hydroxyl groups is 4. The van der Waals surface area contributed by atoms with Crippen molar-refractivity contribution in [2.75, 3.05) is 0 Å². The van der Waals surface area contributed by atoms with Gasteiger partial charge in [-0.1, -0.05) is 93.9 Å². The number of fused-ring (bicyclic) bond motifs is 20. The Labute approximate surface area is 449 Å². The SMILES string of the molecule is CC(C(O)C(=O)O)C(C)C1C2C3NC4NC(NC5NC(NC6NC(NC(N3)C2C(C(C)[C@@H](C)C(O)C(=O)O)C(C(C)C(C)C(O)C(=O)O)C1C(C)C(C)C(O)C(=O)O)C1CCCCC61)C1CCCCC51)C1CCCCC41. The number of hydrogen-bond donors (Lipinski definition) is 16. The van der Waals surface area contributed by atoms with E-state index in [0.717, 1.165) is 64.2 Å². The molecule has 31 unspecified atom stereocenters. The molecule has 16 N–H and O–H groups in total. The Morgan fingerprint density at radius 1 is 0.303 bits per heavy atom. The molecular formula is C56H96N8O12. The fraction of sp³-hybridized carbons (Fsp3) is 0.929. The van der Waals surface area contributed by atoms with Gasteiger partial charge in [0.15, 0.2) is 24.4 Å². The van der Waals surface area contributed by atoms with Gasteiger partial charge in [-0.05, 0) is 157 Å². The van der Waals surface area contributed by atoms with Crippen LogP contribution in [0.15, 0.2) is 0 Å². The molecule has 9 fully saturated rings. The van der Waals surface area contributed by atoms with Crippen LogP contribution in [0.1, 0.15) is 132 Å². The van der Waals surface area contributed by atoms with E-state index in [0.29, 0.717) is 23.7 Å². The molecule has 76 heavy (non-hydrogen) atoms. The molecule has 4 saturated carbocycles. The van der Waals surface area contributed by atoms with E-state index in [4.69, 9.17) is 0 Å². The second kappa shape index (κ2) is 23.5. The minimum Gasteiger partial charge on any atom is -0.479 e. The summed E-state index contributed by atoms with van der Waals surface area (Å²) in [5.74, 6) is -12.8. The Morgan fingerprint density at radius 2 is 0.474 bits per heavy atom. The van der Waals surface area contributed by atoms with E-state index in [2.05, 4.69) is 42.5 Å². The van der Waals surface area contributed by atoms with Gasteiger partial charge in [-0.25, -0.2) is 19.2 Å². The molecule has 5 heterocycles. The van der Waals surface area contributed by atoms with Crippen LogP contribution in [0.2, 0.25) is 0 Å². The van der Waals surface area contributed by atoms with Crippen molar-refractivity contribution in [1.29, 1.82) is 0 Å². The minimum atomic E-state index is -1.82. The summed E-state index contributed by atoms with van der Waals surface area (Å²) in [4.78, 5) is 51.3. The highest BCUT2D eigenvalue weighted by atomic mass is 16.4. The van der Waals surface area contributed by atoms with Gasteiger partial charge >= 0.3 is 23.9 Å². The van der Waals surface area contributed by atoms with Gasteiger partial charge in [-0.3, -0.25) is 42.5 Å². The van der Waals surface area contributed by atoms with Crippen LogP contribution in [-0.4, -0.2) is 138 Å². The summed E-state index contributed by atoms with van der Waals surface area (Å²) in [5, 5.41) is 121. The van der Waals surface area contributed by atoms with Crippen LogP contribution < -0.4 is 42.5 Å². The van der Waals surface area contributed by atoms with Crippen molar-refractivity contribution >= 4 is 23.9 Å². The number of carbonyl (C=O) groups is 4. The third kappa shape index (κ3) is 10.6. The lowest BCUT2D eigenvalue weighted by atomic mass is 9.44. The lowest BCUT2D eigenvalue weighted by Gasteiger charge is -2.61. The molecule has 0 radical (unpaired) electrons. The molecule has 4 aliphatic carbocycles. The number of aliphatic carboxylic acids is 4. The third-order valence-corrected chi connectivity index (χ3v) is 23.3. The quantitative estimate of drug-likeness (QED) is 0.106. The molecule has 0 spiro atoms. The second-order valence-corrected chi connectivity index (χ2v) is 26.5. The summed E-state index contributed by atoms with van der Waals surface area (Å²) < 4.78 is 0. The monoisotopic (exact) mass is 1070 g/mol. The highest BCUT2D eigenvalue weighted by molar-refractivity contribution is 5.73. The zero-order valence-corrected chi connectivity index (χ0v) is 46.2. The van der Waals surface area contributed by atoms with Crippen molar-refractivity contribution in [2.24, 2.45) is 118 Å². The first kappa shape index (κ1) is 58.1. The number of aliphatic hydroxyl groups excluding tert-OH is 4. The summed E-state index contributed by atoms with van der Waals surface area (Å²) in [6.07, 6.45) is 4.85. The van der Waals surface area contributed by atoms with E-state index in [1.165, 1.54) is 12.8 Å². The molecule has 32 atom stereocenters. The Hall–Kier alpha value is -2.60. The number of carboxylic acids is 4. The Kier molecular flexibility index (Phi) is 17.9. The zero-order valence-electron chi connectivity index (χ0n) is 46.2. The number of hydrogen-bond acceptors (Lipinski definition) is 16. The lowest BCUT2D eigenvalue weighted by molar-refractivity contribution is -0.171. The van der Waals surface area contributed by atoms with E-state index in [1.807, 2.05) is 27.7 Å². The van der Waals surface area contributed by atoms with Crippen molar-refractivity contribution in [3.05, 3.63) is 0 Å². The average molecular weight is 1070 g/mol. The van der Waals surface area contributed by atoms with Crippen molar-refractivity contribution in [3.8, 4) is 0 Å². The summed E-state index contributed by atoms with van der Waals surface area (Å²) in [7, 11) is 0. The van der Waals surface area contributed by atoms with E-state index >= 15 is 0 Å². The first-order valence-corrected chi connectivity index (χ1v) is 29.8. The van der Waals surface area contributed by atoms with Crippen LogP contribution in [0.5, 0.6) is 0 Å². The molecule has 20 heteroatoms. The zero-order chi connectivity index (χ0) is 54.9. The number of nitrogens with one attached hydrogen (secondary N) is 8. The standard InChI is InChI=1S/C56H96N8O12/c1-21(25(5)41(65)53(69)70)35-36(22(2)26(6)42(66)54(71)72)38(24(4)28(8)44(68)56(75)76)40-39(37(35)23(3)27(7)43(67)55(73)74)51-62-49-33-19-13-11-17-31(33)47(60-49)58-45-29-15-9-10-16-30(29)46(57-45)59-48-32-18-12-14-20-34(32)50(61-48)63-52(40)64-51/h21-52,57-68H,9-20H2,1-8H3,(H,69,70)(H,71,72)(H,73,74)(H,75,76)/t21?,22?,23?,24?,25?,26?,27-,28?,29?,30?,31?,32?,33?,34?,35?,36?,37?,38?,39?,40?,41?,42?,43?,44?,45?,46?,47?,48?,49?,50?,51?,52?/m1/s1. The van der Waals surface area contributed by atoms with Gasteiger partial charge in [0.1, 0.15) is 0 Å². The van der Waals surface area contributed by atoms with Crippen molar-refractivity contribution in [1.82, 2.24) is 42.5 Å². The average Bonchev–Trinajstić information content (AvgIpc) is 4.21. The largest absolute Gasteiger partial charge is 0.479 e. The molecule has 5 saturated heterocycles. The summed E-state index contributed by atoms with van der Waals surface area (Å²) in [6.45, 7) is 14.5. The molecule has 20 nitrogen and oxygen atoms in total. The van der Waals surface area contributed by atoms with Crippen LogP contribution >= 0.6 is 0 Å². The fourth-order valence-corrected chi connectivity index (χ4v) is 18.6. The Balaban J connectivity index is 1.26. The molecule has 9 rings (SSSR count). The van der Waals surface area contributed by atoms with Crippen LogP contribution in [0.3, 0.4) is 0 Å².